The largest absolute Gasteiger partial charge is 0.364 e. The fourth-order valence-electron chi connectivity index (χ4n) is 4.18. The van der Waals surface area contributed by atoms with E-state index in [2.05, 4.69) is 37.5 Å². The van der Waals surface area contributed by atoms with Crippen molar-refractivity contribution in [3.63, 3.8) is 0 Å². The summed E-state index contributed by atoms with van der Waals surface area (Å²) in [7, 11) is 1.91. The van der Waals surface area contributed by atoms with E-state index in [1.54, 1.807) is 18.7 Å². The van der Waals surface area contributed by atoms with Crippen LogP contribution in [0.5, 0.6) is 0 Å². The highest BCUT2D eigenvalue weighted by atomic mass is 16.2. The molecular weight excluding hydrogens is 394 g/mol. The van der Waals surface area contributed by atoms with Gasteiger partial charge >= 0.3 is 0 Å². The van der Waals surface area contributed by atoms with E-state index >= 15 is 0 Å². The van der Waals surface area contributed by atoms with Crippen LogP contribution in [-0.2, 0) is 11.3 Å². The Morgan fingerprint density at radius 1 is 1.26 bits per heavy atom. The number of fused-ring (bicyclic) bond motifs is 1. The average Bonchev–Trinajstić information content (AvgIpc) is 3.41. The SMILES string of the molecule is CCn1c(-c2cnc(C)nc2)nc2c(NC3CN[C@@H](C(=O)N(C)C4CC4)C3)ncnc21. The first kappa shape index (κ1) is 19.8. The molecule has 0 spiro atoms. The average molecular weight is 422 g/mol. The van der Waals surface area contributed by atoms with E-state index in [0.717, 1.165) is 35.7 Å². The molecule has 0 bridgehead atoms. The lowest BCUT2D eigenvalue weighted by molar-refractivity contribution is -0.132. The van der Waals surface area contributed by atoms with Gasteiger partial charge in [-0.1, -0.05) is 0 Å². The molecule has 0 radical (unpaired) electrons. The number of anilines is 1. The van der Waals surface area contributed by atoms with Gasteiger partial charge in [0.05, 0.1) is 11.6 Å². The molecule has 2 N–H and O–H groups in total. The molecule has 31 heavy (non-hydrogen) atoms. The van der Waals surface area contributed by atoms with Crippen LogP contribution < -0.4 is 10.6 Å². The van der Waals surface area contributed by atoms with Crippen LogP contribution in [0.1, 0.15) is 32.0 Å². The molecule has 10 nitrogen and oxygen atoms in total. The maximum atomic E-state index is 12.7. The molecule has 2 atom stereocenters. The second-order valence-electron chi connectivity index (χ2n) is 8.31. The first-order valence-corrected chi connectivity index (χ1v) is 10.8. The minimum atomic E-state index is -0.158. The Bertz CT molecular complexity index is 1110. The van der Waals surface area contributed by atoms with E-state index in [-0.39, 0.29) is 18.0 Å². The molecule has 10 heteroatoms. The predicted molar refractivity (Wildman–Crippen MR) is 116 cm³/mol. The number of hydrogen-bond donors (Lipinski definition) is 2. The number of nitrogens with zero attached hydrogens (tertiary/aromatic N) is 7. The highest BCUT2D eigenvalue weighted by molar-refractivity contribution is 5.87. The molecule has 2 aliphatic rings. The number of hydrogen-bond acceptors (Lipinski definition) is 8. The second-order valence-corrected chi connectivity index (χ2v) is 8.31. The molecule has 1 amide bonds. The van der Waals surface area contributed by atoms with E-state index in [4.69, 9.17) is 4.98 Å². The van der Waals surface area contributed by atoms with Gasteiger partial charge in [-0.25, -0.2) is 24.9 Å². The number of aryl methyl sites for hydroxylation is 2. The Morgan fingerprint density at radius 3 is 2.74 bits per heavy atom. The Morgan fingerprint density at radius 2 is 2.03 bits per heavy atom. The Labute approximate surface area is 180 Å². The number of carbonyl (C=O) groups is 1. The van der Waals surface area contributed by atoms with Gasteiger partial charge in [0.1, 0.15) is 18.0 Å². The highest BCUT2D eigenvalue weighted by Gasteiger charge is 2.37. The zero-order valence-electron chi connectivity index (χ0n) is 18.0. The van der Waals surface area contributed by atoms with Crippen molar-refractivity contribution < 1.29 is 4.79 Å². The summed E-state index contributed by atoms with van der Waals surface area (Å²) in [6.45, 7) is 5.33. The fraction of sp³-hybridized carbons (Fsp3) is 0.524. The number of amides is 1. The van der Waals surface area contributed by atoms with Gasteiger partial charge in [0, 0.05) is 44.6 Å². The van der Waals surface area contributed by atoms with Crippen molar-refractivity contribution >= 4 is 22.9 Å². The van der Waals surface area contributed by atoms with E-state index in [0.29, 0.717) is 36.9 Å². The van der Waals surface area contributed by atoms with Crippen molar-refractivity contribution in [1.29, 1.82) is 0 Å². The molecule has 3 aromatic heterocycles. The van der Waals surface area contributed by atoms with Gasteiger partial charge < -0.3 is 20.1 Å². The zero-order valence-corrected chi connectivity index (χ0v) is 18.0. The summed E-state index contributed by atoms with van der Waals surface area (Å²) in [4.78, 5) is 37.0. The van der Waals surface area contributed by atoms with Gasteiger partial charge in [-0.3, -0.25) is 4.79 Å². The zero-order chi connectivity index (χ0) is 21.5. The number of imidazole rings is 1. The maximum Gasteiger partial charge on any atom is 0.239 e. The van der Waals surface area contributed by atoms with Crippen LogP contribution >= 0.6 is 0 Å². The third kappa shape index (κ3) is 3.71. The molecule has 1 aliphatic carbocycles. The lowest BCUT2D eigenvalue weighted by Gasteiger charge is -2.20. The summed E-state index contributed by atoms with van der Waals surface area (Å²) in [5, 5.41) is 6.84. The van der Waals surface area contributed by atoms with Crippen LogP contribution in [-0.4, -0.2) is 72.0 Å². The van der Waals surface area contributed by atoms with Crippen molar-refractivity contribution in [3.8, 4) is 11.4 Å². The number of likely N-dealkylation sites (N-methyl/N-ethyl adjacent to an activating group) is 1. The van der Waals surface area contributed by atoms with Crippen molar-refractivity contribution in [3.05, 3.63) is 24.5 Å². The Balaban J connectivity index is 1.39. The van der Waals surface area contributed by atoms with Crippen molar-refractivity contribution in [2.45, 2.75) is 57.8 Å². The third-order valence-corrected chi connectivity index (χ3v) is 6.10. The van der Waals surface area contributed by atoms with Crippen LogP contribution in [0.3, 0.4) is 0 Å². The molecule has 1 saturated heterocycles. The molecule has 162 valence electrons. The Kier molecular flexibility index (Phi) is 5.01. The summed E-state index contributed by atoms with van der Waals surface area (Å²) < 4.78 is 2.04. The predicted octanol–water partition coefficient (Wildman–Crippen LogP) is 1.37. The minimum Gasteiger partial charge on any atom is -0.364 e. The molecule has 1 saturated carbocycles. The van der Waals surface area contributed by atoms with E-state index in [1.165, 1.54) is 0 Å². The Hall–Kier alpha value is -3.14. The van der Waals surface area contributed by atoms with Crippen molar-refractivity contribution in [2.24, 2.45) is 0 Å². The van der Waals surface area contributed by atoms with Crippen molar-refractivity contribution in [2.75, 3.05) is 18.9 Å². The number of aromatic nitrogens is 6. The summed E-state index contributed by atoms with van der Waals surface area (Å²) in [5.74, 6) is 2.35. The van der Waals surface area contributed by atoms with E-state index < -0.39 is 0 Å². The van der Waals surface area contributed by atoms with Crippen LogP contribution in [0, 0.1) is 6.92 Å². The lowest BCUT2D eigenvalue weighted by Crippen LogP contribution is -2.42. The quantitative estimate of drug-likeness (QED) is 0.614. The molecule has 2 fully saturated rings. The topological polar surface area (TPSA) is 114 Å². The summed E-state index contributed by atoms with van der Waals surface area (Å²) in [6, 6.07) is 0.358. The van der Waals surface area contributed by atoms with Gasteiger partial charge in [0.15, 0.2) is 17.0 Å². The third-order valence-electron chi connectivity index (χ3n) is 6.10. The van der Waals surface area contributed by atoms with Crippen LogP contribution in [0.4, 0.5) is 5.82 Å². The maximum absolute atomic E-state index is 12.7. The van der Waals surface area contributed by atoms with Crippen LogP contribution in [0.15, 0.2) is 18.7 Å². The first-order chi connectivity index (χ1) is 15.0. The van der Waals surface area contributed by atoms with Crippen molar-refractivity contribution in [1.82, 2.24) is 39.7 Å². The summed E-state index contributed by atoms with van der Waals surface area (Å²) in [5.41, 5.74) is 2.32. The van der Waals surface area contributed by atoms with Gasteiger partial charge in [0.2, 0.25) is 5.91 Å². The van der Waals surface area contributed by atoms with E-state index in [1.807, 2.05) is 23.4 Å². The summed E-state index contributed by atoms with van der Waals surface area (Å²) >= 11 is 0. The number of nitrogens with one attached hydrogen (secondary N) is 2. The number of rotatable bonds is 6. The number of carbonyl (C=O) groups excluding carboxylic acids is 1. The first-order valence-electron chi connectivity index (χ1n) is 10.8. The standard InChI is InChI=1S/C21H27N9O/c1-4-30-19(13-8-22-12(2)23-9-13)28-17-18(25-11-26-20(17)30)27-14-7-16(24-10-14)21(31)29(3)15-5-6-15/h8-9,11,14-16,24H,4-7,10H2,1-3H3,(H,25,26,27)/t14?,16-/m1/s1. The molecule has 5 rings (SSSR count). The normalized spacial score (nSPS) is 20.9. The smallest absolute Gasteiger partial charge is 0.239 e. The highest BCUT2D eigenvalue weighted by Crippen LogP contribution is 2.29. The van der Waals surface area contributed by atoms with Gasteiger partial charge in [-0.15, -0.1) is 0 Å². The van der Waals surface area contributed by atoms with Crippen LogP contribution in [0.25, 0.3) is 22.6 Å². The van der Waals surface area contributed by atoms with Gasteiger partial charge in [-0.2, -0.15) is 0 Å². The van der Waals surface area contributed by atoms with Gasteiger partial charge in [0.25, 0.3) is 0 Å². The molecule has 3 aromatic rings. The van der Waals surface area contributed by atoms with Crippen LogP contribution in [0.2, 0.25) is 0 Å². The fourth-order valence-corrected chi connectivity index (χ4v) is 4.18. The second kappa shape index (κ2) is 7.84. The van der Waals surface area contributed by atoms with E-state index in [9.17, 15) is 4.79 Å². The molecule has 1 unspecified atom stereocenters. The van der Waals surface area contributed by atoms with Gasteiger partial charge in [-0.05, 0) is 33.1 Å². The lowest BCUT2D eigenvalue weighted by atomic mass is 10.1. The molecule has 4 heterocycles. The molecule has 0 aromatic carbocycles. The summed E-state index contributed by atoms with van der Waals surface area (Å²) in [6.07, 6.45) is 8.07. The molecular formula is C21H27N9O. The minimum absolute atomic E-state index is 0.0950. The monoisotopic (exact) mass is 421 g/mol. The molecule has 1 aliphatic heterocycles.